The molecule has 8 heteroatoms. The normalized spacial score (nSPS) is 11.4. The predicted octanol–water partition coefficient (Wildman–Crippen LogP) is 4.75. The van der Waals surface area contributed by atoms with Crippen LogP contribution in [0.3, 0.4) is 0 Å². The number of hydrogen-bond donors (Lipinski definition) is 2. The van der Waals surface area contributed by atoms with Crippen molar-refractivity contribution in [3.05, 3.63) is 72.6 Å². The van der Waals surface area contributed by atoms with Crippen LogP contribution >= 0.6 is 0 Å². The van der Waals surface area contributed by atoms with Crippen LogP contribution in [0.4, 0.5) is 17.3 Å². The number of fused-ring (bicyclic) bond motifs is 1. The average molecular weight is 471 g/mol. The number of aromatic nitrogens is 3. The molecule has 4 rings (SSSR count). The first-order valence-electron chi connectivity index (χ1n) is 11.3. The number of carbonyl (C=O) groups excluding carboxylic acids is 1. The first-order valence-corrected chi connectivity index (χ1v) is 11.3. The molecular formula is C27H30N6O2. The minimum absolute atomic E-state index is 0.194. The lowest BCUT2D eigenvalue weighted by Gasteiger charge is -2.15. The molecule has 8 nitrogen and oxygen atoms in total. The Morgan fingerprint density at radius 3 is 2.74 bits per heavy atom. The summed E-state index contributed by atoms with van der Waals surface area (Å²) in [5.74, 6) is 0.865. The lowest BCUT2D eigenvalue weighted by atomic mass is 10.1. The second kappa shape index (κ2) is 10.4. The van der Waals surface area contributed by atoms with Crippen LogP contribution in [0.1, 0.15) is 5.56 Å². The van der Waals surface area contributed by atoms with E-state index in [1.807, 2.05) is 69.4 Å². The van der Waals surface area contributed by atoms with Crippen LogP contribution < -0.4 is 15.4 Å². The van der Waals surface area contributed by atoms with Crippen LogP contribution in [0.5, 0.6) is 5.75 Å². The van der Waals surface area contributed by atoms with Gasteiger partial charge in [-0.25, -0.2) is 9.97 Å². The number of benzene rings is 2. The molecule has 2 aromatic heterocycles. The van der Waals surface area contributed by atoms with Crippen molar-refractivity contribution >= 4 is 34.1 Å². The molecule has 4 aromatic rings. The minimum atomic E-state index is -0.194. The van der Waals surface area contributed by atoms with Crippen LogP contribution in [0.15, 0.2) is 67.0 Å². The van der Waals surface area contributed by atoms with E-state index < -0.39 is 0 Å². The van der Waals surface area contributed by atoms with Crippen molar-refractivity contribution in [2.45, 2.75) is 6.92 Å². The number of carbonyl (C=O) groups is 1. The van der Waals surface area contributed by atoms with Gasteiger partial charge in [-0.1, -0.05) is 24.3 Å². The van der Waals surface area contributed by atoms with Crippen molar-refractivity contribution < 1.29 is 9.53 Å². The van der Waals surface area contributed by atoms with E-state index >= 15 is 0 Å². The summed E-state index contributed by atoms with van der Waals surface area (Å²) in [6.45, 7) is 2.61. The number of anilines is 3. The fraction of sp³-hybridized carbons (Fsp3) is 0.222. The van der Waals surface area contributed by atoms with E-state index in [4.69, 9.17) is 9.72 Å². The SMILES string of the molecule is COc1cc(C)c(NC(=O)/C=C/CN(C)C)cc1Nc1nccc(-c2cn(C)c3ccccc23)n1. The molecule has 0 unspecified atom stereocenters. The fourth-order valence-corrected chi connectivity index (χ4v) is 3.86. The maximum absolute atomic E-state index is 12.4. The lowest BCUT2D eigenvalue weighted by Crippen LogP contribution is -2.13. The highest BCUT2D eigenvalue weighted by Gasteiger charge is 2.13. The third-order valence-corrected chi connectivity index (χ3v) is 5.62. The highest BCUT2D eigenvalue weighted by molar-refractivity contribution is 6.00. The van der Waals surface area contributed by atoms with Gasteiger partial charge >= 0.3 is 0 Å². The molecule has 2 N–H and O–H groups in total. The van der Waals surface area contributed by atoms with Gasteiger partial charge in [-0.3, -0.25) is 4.79 Å². The Kier molecular flexibility index (Phi) is 7.12. The zero-order valence-corrected chi connectivity index (χ0v) is 20.7. The van der Waals surface area contributed by atoms with Crippen molar-refractivity contribution in [2.75, 3.05) is 38.4 Å². The Morgan fingerprint density at radius 2 is 1.97 bits per heavy atom. The van der Waals surface area contributed by atoms with E-state index in [1.165, 1.54) is 6.08 Å². The van der Waals surface area contributed by atoms with Gasteiger partial charge < -0.3 is 24.8 Å². The number of ether oxygens (including phenoxy) is 1. The van der Waals surface area contributed by atoms with E-state index in [9.17, 15) is 4.79 Å². The molecule has 2 heterocycles. The van der Waals surface area contributed by atoms with Gasteiger partial charge in [-0.2, -0.15) is 0 Å². The van der Waals surface area contributed by atoms with Gasteiger partial charge in [-0.05, 0) is 50.8 Å². The Balaban J connectivity index is 1.62. The highest BCUT2D eigenvalue weighted by atomic mass is 16.5. The maximum atomic E-state index is 12.4. The third-order valence-electron chi connectivity index (χ3n) is 5.62. The van der Waals surface area contributed by atoms with E-state index in [0.29, 0.717) is 29.6 Å². The largest absolute Gasteiger partial charge is 0.495 e. The van der Waals surface area contributed by atoms with E-state index in [-0.39, 0.29) is 5.91 Å². The Bertz CT molecular complexity index is 1390. The Morgan fingerprint density at radius 1 is 1.17 bits per heavy atom. The molecule has 0 fully saturated rings. The summed E-state index contributed by atoms with van der Waals surface area (Å²) in [5, 5.41) is 7.32. The number of para-hydroxylation sites is 1. The number of nitrogens with zero attached hydrogens (tertiary/aromatic N) is 4. The third kappa shape index (κ3) is 5.50. The van der Waals surface area contributed by atoms with Crippen molar-refractivity contribution in [2.24, 2.45) is 7.05 Å². The molecule has 0 bridgehead atoms. The minimum Gasteiger partial charge on any atom is -0.495 e. The molecule has 0 radical (unpaired) electrons. The molecule has 0 aliphatic heterocycles. The van der Waals surface area contributed by atoms with Crippen molar-refractivity contribution in [3.63, 3.8) is 0 Å². The molecule has 0 aliphatic rings. The number of likely N-dealkylation sites (N-methyl/N-ethyl adjacent to an activating group) is 1. The number of aryl methyl sites for hydroxylation is 2. The van der Waals surface area contributed by atoms with Gasteiger partial charge in [0, 0.05) is 54.2 Å². The second-order valence-electron chi connectivity index (χ2n) is 8.58. The summed E-state index contributed by atoms with van der Waals surface area (Å²) in [6.07, 6.45) is 7.15. The van der Waals surface area contributed by atoms with Gasteiger partial charge in [0.15, 0.2) is 0 Å². The van der Waals surface area contributed by atoms with Gasteiger partial charge in [0.25, 0.3) is 0 Å². The van der Waals surface area contributed by atoms with Gasteiger partial charge in [0.05, 0.1) is 18.5 Å². The van der Waals surface area contributed by atoms with Crippen LogP contribution in [0.25, 0.3) is 22.2 Å². The average Bonchev–Trinajstić information content (AvgIpc) is 3.17. The van der Waals surface area contributed by atoms with Crippen LogP contribution in [0, 0.1) is 6.92 Å². The van der Waals surface area contributed by atoms with Gasteiger partial charge in [-0.15, -0.1) is 0 Å². The summed E-state index contributed by atoms with van der Waals surface area (Å²) in [4.78, 5) is 23.5. The summed E-state index contributed by atoms with van der Waals surface area (Å²) in [6, 6.07) is 13.8. The molecule has 180 valence electrons. The summed E-state index contributed by atoms with van der Waals surface area (Å²) in [7, 11) is 7.53. The molecule has 2 aromatic carbocycles. The molecular weight excluding hydrogens is 440 g/mol. The Hall–Kier alpha value is -4.17. The summed E-state index contributed by atoms with van der Waals surface area (Å²) >= 11 is 0. The lowest BCUT2D eigenvalue weighted by molar-refractivity contribution is -0.111. The molecule has 0 spiro atoms. The number of amides is 1. The molecule has 0 aliphatic carbocycles. The smallest absolute Gasteiger partial charge is 0.248 e. The van der Waals surface area contributed by atoms with Gasteiger partial charge in [0.2, 0.25) is 11.9 Å². The fourth-order valence-electron chi connectivity index (χ4n) is 3.86. The van der Waals surface area contributed by atoms with E-state index in [2.05, 4.69) is 38.5 Å². The quantitative estimate of drug-likeness (QED) is 0.362. The van der Waals surface area contributed by atoms with Crippen molar-refractivity contribution in [1.29, 1.82) is 0 Å². The number of rotatable bonds is 8. The first kappa shape index (κ1) is 24.0. The molecule has 35 heavy (non-hydrogen) atoms. The number of hydrogen-bond acceptors (Lipinski definition) is 6. The van der Waals surface area contributed by atoms with E-state index in [0.717, 1.165) is 27.7 Å². The van der Waals surface area contributed by atoms with Crippen LogP contribution in [0.2, 0.25) is 0 Å². The number of methoxy groups -OCH3 is 1. The molecule has 0 saturated heterocycles. The van der Waals surface area contributed by atoms with Gasteiger partial charge in [0.1, 0.15) is 5.75 Å². The van der Waals surface area contributed by atoms with E-state index in [1.54, 1.807) is 13.3 Å². The molecule has 0 saturated carbocycles. The van der Waals surface area contributed by atoms with Crippen LogP contribution in [-0.4, -0.2) is 53.1 Å². The van der Waals surface area contributed by atoms with Crippen molar-refractivity contribution in [3.8, 4) is 17.0 Å². The second-order valence-corrected chi connectivity index (χ2v) is 8.58. The number of nitrogens with one attached hydrogen (secondary N) is 2. The standard InChI is InChI=1S/C27H30N6O2/c1-18-15-25(35-5)23(16-22(18)29-26(34)11-8-14-32(2)3)31-27-28-13-12-21(30-27)20-17-33(4)24-10-7-6-9-19(20)24/h6-13,15-17H,14H2,1-5H3,(H,29,34)(H,28,30,31)/b11-8+. The predicted molar refractivity (Wildman–Crippen MR) is 141 cm³/mol. The summed E-state index contributed by atoms with van der Waals surface area (Å²) < 4.78 is 7.66. The monoisotopic (exact) mass is 470 g/mol. The van der Waals surface area contributed by atoms with Crippen molar-refractivity contribution in [1.82, 2.24) is 19.4 Å². The molecule has 1 amide bonds. The highest BCUT2D eigenvalue weighted by Crippen LogP contribution is 2.34. The topological polar surface area (TPSA) is 84.3 Å². The molecule has 0 atom stereocenters. The Labute approximate surface area is 205 Å². The van der Waals surface area contributed by atoms with Crippen LogP contribution in [-0.2, 0) is 11.8 Å². The first-order chi connectivity index (χ1) is 16.9. The zero-order chi connectivity index (χ0) is 24.9. The maximum Gasteiger partial charge on any atom is 0.248 e. The zero-order valence-electron chi connectivity index (χ0n) is 20.7. The summed E-state index contributed by atoms with van der Waals surface area (Å²) in [5.41, 5.74) is 5.19.